The molecule has 2 N–H and O–H groups in total. The summed E-state index contributed by atoms with van der Waals surface area (Å²) in [6, 6.07) is 17.6. The minimum absolute atomic E-state index is 0.0166. The van der Waals surface area contributed by atoms with Crippen LogP contribution < -0.4 is 10.6 Å². The van der Waals surface area contributed by atoms with Crippen LogP contribution in [0.15, 0.2) is 54.6 Å². The van der Waals surface area contributed by atoms with Crippen molar-refractivity contribution in [2.75, 3.05) is 18.4 Å². The Morgan fingerprint density at radius 3 is 2.44 bits per heavy atom. The smallest absolute Gasteiger partial charge is 0.239 e. The second kappa shape index (κ2) is 7.51. The van der Waals surface area contributed by atoms with Crippen LogP contribution in [0.1, 0.15) is 42.1 Å². The van der Waals surface area contributed by atoms with Crippen molar-refractivity contribution in [2.45, 2.75) is 31.6 Å². The van der Waals surface area contributed by atoms with Crippen LogP contribution in [0, 0.1) is 0 Å². The molecule has 0 unspecified atom stereocenters. The normalized spacial score (nSPS) is 15.1. The molecule has 1 saturated carbocycles. The van der Waals surface area contributed by atoms with Gasteiger partial charge in [-0.05, 0) is 37.5 Å². The maximum atomic E-state index is 12.2. The van der Waals surface area contributed by atoms with E-state index in [4.69, 9.17) is 0 Å². The maximum Gasteiger partial charge on any atom is 0.239 e. The second-order valence-corrected chi connectivity index (χ2v) is 6.77. The monoisotopic (exact) mass is 336 g/mol. The van der Waals surface area contributed by atoms with Gasteiger partial charge < -0.3 is 10.6 Å². The van der Waals surface area contributed by atoms with E-state index in [1.54, 1.807) is 12.1 Å². The van der Waals surface area contributed by atoms with Crippen LogP contribution in [-0.4, -0.2) is 24.8 Å². The highest BCUT2D eigenvalue weighted by Gasteiger charge is 2.38. The molecule has 0 bridgehead atoms. The van der Waals surface area contributed by atoms with E-state index in [0.717, 1.165) is 18.5 Å². The Kier molecular flexibility index (Phi) is 5.17. The van der Waals surface area contributed by atoms with Crippen LogP contribution in [-0.2, 0) is 10.2 Å². The number of benzene rings is 2. The number of anilines is 1. The third-order valence-corrected chi connectivity index (χ3v) is 5.04. The molecular weight excluding hydrogens is 312 g/mol. The zero-order valence-electron chi connectivity index (χ0n) is 14.5. The zero-order valence-corrected chi connectivity index (χ0v) is 14.5. The Bertz CT molecular complexity index is 752. The summed E-state index contributed by atoms with van der Waals surface area (Å²) in [7, 11) is 0. The Morgan fingerprint density at radius 1 is 1.04 bits per heavy atom. The molecule has 1 aliphatic carbocycles. The van der Waals surface area contributed by atoms with Gasteiger partial charge in [0.1, 0.15) is 0 Å². The third kappa shape index (κ3) is 4.08. The van der Waals surface area contributed by atoms with Gasteiger partial charge in [0, 0.05) is 23.2 Å². The quantitative estimate of drug-likeness (QED) is 0.760. The summed E-state index contributed by atoms with van der Waals surface area (Å²) in [5.41, 5.74) is 2.82. The zero-order chi connectivity index (χ0) is 17.7. The van der Waals surface area contributed by atoms with Crippen LogP contribution in [0.25, 0.3) is 0 Å². The van der Waals surface area contributed by atoms with E-state index in [1.807, 2.05) is 18.2 Å². The minimum atomic E-state index is -0.0320. The fraction of sp³-hybridized carbons (Fsp3) is 0.333. The number of carbonyl (C=O) groups excluding carboxylic acids is 2. The lowest BCUT2D eigenvalue weighted by Crippen LogP contribution is -2.46. The fourth-order valence-electron chi connectivity index (χ4n) is 3.32. The van der Waals surface area contributed by atoms with Crippen molar-refractivity contribution < 1.29 is 9.59 Å². The van der Waals surface area contributed by atoms with E-state index in [2.05, 4.69) is 34.9 Å². The molecule has 0 aliphatic heterocycles. The van der Waals surface area contributed by atoms with Crippen LogP contribution in [0.3, 0.4) is 0 Å². The van der Waals surface area contributed by atoms with Crippen molar-refractivity contribution in [3.05, 3.63) is 65.7 Å². The summed E-state index contributed by atoms with van der Waals surface area (Å²) < 4.78 is 0. The van der Waals surface area contributed by atoms with Crippen LogP contribution >= 0.6 is 0 Å². The number of amides is 1. The summed E-state index contributed by atoms with van der Waals surface area (Å²) in [6.07, 6.45) is 3.44. The van der Waals surface area contributed by atoms with E-state index < -0.39 is 0 Å². The van der Waals surface area contributed by atoms with Gasteiger partial charge in [-0.15, -0.1) is 0 Å². The molecule has 0 atom stereocenters. The molecule has 0 aromatic heterocycles. The lowest BCUT2D eigenvalue weighted by Gasteiger charge is -2.42. The van der Waals surface area contributed by atoms with Gasteiger partial charge in [-0.1, -0.05) is 48.9 Å². The van der Waals surface area contributed by atoms with Gasteiger partial charge in [-0.2, -0.15) is 0 Å². The van der Waals surface area contributed by atoms with Crippen LogP contribution in [0.5, 0.6) is 0 Å². The molecule has 1 aliphatic rings. The van der Waals surface area contributed by atoms with Crippen molar-refractivity contribution in [3.63, 3.8) is 0 Å². The largest absolute Gasteiger partial charge is 0.376 e. The van der Waals surface area contributed by atoms with Crippen molar-refractivity contribution in [1.29, 1.82) is 0 Å². The van der Waals surface area contributed by atoms with Crippen molar-refractivity contribution in [1.82, 2.24) is 5.32 Å². The van der Waals surface area contributed by atoms with Crippen molar-refractivity contribution in [2.24, 2.45) is 0 Å². The number of hydrogen-bond donors (Lipinski definition) is 2. The average molecular weight is 336 g/mol. The molecular formula is C21H24N2O2. The highest BCUT2D eigenvalue weighted by atomic mass is 16.2. The highest BCUT2D eigenvalue weighted by Crippen LogP contribution is 2.43. The van der Waals surface area contributed by atoms with Gasteiger partial charge in [0.2, 0.25) is 5.91 Å². The van der Waals surface area contributed by atoms with Gasteiger partial charge >= 0.3 is 0 Å². The van der Waals surface area contributed by atoms with Crippen LogP contribution in [0.4, 0.5) is 5.69 Å². The Balaban J connectivity index is 1.53. The predicted octanol–water partition coefficient (Wildman–Crippen LogP) is 3.54. The number of hydrogen-bond acceptors (Lipinski definition) is 3. The Morgan fingerprint density at radius 2 is 1.80 bits per heavy atom. The SMILES string of the molecule is CC(=O)c1cccc(NCC(=O)NCC2(c3ccccc3)CCC2)c1. The molecule has 2 aromatic rings. The van der Waals surface area contributed by atoms with E-state index in [1.165, 1.54) is 18.9 Å². The number of Topliss-reactive ketones (excluding diaryl/α,β-unsaturated/α-hetero) is 1. The van der Waals surface area contributed by atoms with Crippen molar-refractivity contribution >= 4 is 17.4 Å². The maximum absolute atomic E-state index is 12.2. The summed E-state index contributed by atoms with van der Waals surface area (Å²) in [5, 5.41) is 6.15. The van der Waals surface area contributed by atoms with E-state index in [0.29, 0.717) is 12.1 Å². The summed E-state index contributed by atoms with van der Waals surface area (Å²) in [6.45, 7) is 2.41. The molecule has 1 fully saturated rings. The van der Waals surface area contributed by atoms with E-state index >= 15 is 0 Å². The molecule has 2 aromatic carbocycles. The molecule has 3 rings (SSSR count). The first-order valence-electron chi connectivity index (χ1n) is 8.76. The molecule has 25 heavy (non-hydrogen) atoms. The topological polar surface area (TPSA) is 58.2 Å². The van der Waals surface area contributed by atoms with Gasteiger partial charge in [-0.25, -0.2) is 0 Å². The summed E-state index contributed by atoms with van der Waals surface area (Å²) in [4.78, 5) is 23.6. The first kappa shape index (κ1) is 17.2. The van der Waals surface area contributed by atoms with Gasteiger partial charge in [0.05, 0.1) is 6.54 Å². The Labute approximate surface area is 148 Å². The fourth-order valence-corrected chi connectivity index (χ4v) is 3.32. The lowest BCUT2D eigenvalue weighted by molar-refractivity contribution is -0.119. The van der Waals surface area contributed by atoms with Crippen LogP contribution in [0.2, 0.25) is 0 Å². The standard InChI is InChI=1S/C21H24N2O2/c1-16(24)17-7-5-10-19(13-17)22-14-20(25)23-15-21(11-6-12-21)18-8-3-2-4-9-18/h2-5,7-10,13,22H,6,11-12,14-15H2,1H3,(H,23,25). The summed E-state index contributed by atoms with van der Waals surface area (Å²) >= 11 is 0. The first-order valence-corrected chi connectivity index (χ1v) is 8.76. The number of nitrogens with one attached hydrogen (secondary N) is 2. The Hall–Kier alpha value is -2.62. The number of carbonyl (C=O) groups is 2. The lowest BCUT2D eigenvalue weighted by atomic mass is 9.64. The predicted molar refractivity (Wildman–Crippen MR) is 99.9 cm³/mol. The van der Waals surface area contributed by atoms with E-state index in [-0.39, 0.29) is 23.7 Å². The van der Waals surface area contributed by atoms with Gasteiger partial charge in [-0.3, -0.25) is 9.59 Å². The molecule has 0 spiro atoms. The molecule has 1 amide bonds. The second-order valence-electron chi connectivity index (χ2n) is 6.77. The molecule has 4 nitrogen and oxygen atoms in total. The number of ketones is 1. The number of rotatable bonds is 7. The minimum Gasteiger partial charge on any atom is -0.376 e. The highest BCUT2D eigenvalue weighted by molar-refractivity contribution is 5.95. The summed E-state index contributed by atoms with van der Waals surface area (Å²) in [5.74, 6) is -0.0154. The molecule has 0 saturated heterocycles. The first-order chi connectivity index (χ1) is 12.1. The van der Waals surface area contributed by atoms with E-state index in [9.17, 15) is 9.59 Å². The van der Waals surface area contributed by atoms with Gasteiger partial charge in [0.25, 0.3) is 0 Å². The van der Waals surface area contributed by atoms with Gasteiger partial charge in [0.15, 0.2) is 5.78 Å². The average Bonchev–Trinajstić information content (AvgIpc) is 2.60. The molecule has 0 heterocycles. The molecule has 0 radical (unpaired) electrons. The third-order valence-electron chi connectivity index (χ3n) is 5.04. The van der Waals surface area contributed by atoms with Crippen molar-refractivity contribution in [3.8, 4) is 0 Å². The molecule has 130 valence electrons. The molecule has 4 heteroatoms.